The van der Waals surface area contributed by atoms with Crippen LogP contribution in [0.1, 0.15) is 38.5 Å². The Labute approximate surface area is 133 Å². The van der Waals surface area contributed by atoms with Crippen molar-refractivity contribution in [3.8, 4) is 0 Å². The summed E-state index contributed by atoms with van der Waals surface area (Å²) in [5, 5.41) is 3.08. The van der Waals surface area contributed by atoms with Crippen molar-refractivity contribution < 1.29 is 13.2 Å². The summed E-state index contributed by atoms with van der Waals surface area (Å²) in [7, 11) is -3.11. The molecule has 0 unspecified atom stereocenters. The lowest BCUT2D eigenvalue weighted by molar-refractivity contribution is -0.131. The molecule has 1 aliphatic heterocycles. The Balaban J connectivity index is 0.00000220. The summed E-state index contributed by atoms with van der Waals surface area (Å²) >= 11 is 0. The zero-order valence-electron chi connectivity index (χ0n) is 12.5. The number of nitrogens with zero attached hydrogens (tertiary/aromatic N) is 1. The van der Waals surface area contributed by atoms with Gasteiger partial charge in [-0.05, 0) is 25.7 Å². The summed E-state index contributed by atoms with van der Waals surface area (Å²) in [6, 6.07) is 0.0736. The highest BCUT2D eigenvalue weighted by Gasteiger charge is 2.40. The molecule has 1 aliphatic carbocycles. The van der Waals surface area contributed by atoms with E-state index in [0.717, 1.165) is 25.7 Å². The topological polar surface area (TPSA) is 92.5 Å². The van der Waals surface area contributed by atoms with Gasteiger partial charge < -0.3 is 11.1 Å². The zero-order valence-corrected chi connectivity index (χ0v) is 14.1. The van der Waals surface area contributed by atoms with Crippen LogP contribution in [0.4, 0.5) is 0 Å². The predicted octanol–water partition coefficient (Wildman–Crippen LogP) is 0.468. The molecular formula is C13H26ClN3O3S. The number of rotatable bonds is 4. The summed E-state index contributed by atoms with van der Waals surface area (Å²) in [4.78, 5) is 12.4. The number of sulfonamides is 1. The number of amides is 1. The highest BCUT2D eigenvalue weighted by Crippen LogP contribution is 2.37. The quantitative estimate of drug-likeness (QED) is 0.778. The molecule has 0 aromatic carbocycles. The van der Waals surface area contributed by atoms with Gasteiger partial charge in [0.15, 0.2) is 0 Å². The SMILES string of the molecule is CS(=O)(=O)N1CCC(NC(=O)C2(CN)CCCC2)CC1.Cl. The van der Waals surface area contributed by atoms with Gasteiger partial charge in [-0.25, -0.2) is 12.7 Å². The summed E-state index contributed by atoms with van der Waals surface area (Å²) in [6.45, 7) is 1.37. The van der Waals surface area contributed by atoms with Crippen LogP contribution < -0.4 is 11.1 Å². The van der Waals surface area contributed by atoms with Crippen LogP contribution in [-0.2, 0) is 14.8 Å². The largest absolute Gasteiger partial charge is 0.353 e. The molecule has 3 N–H and O–H groups in total. The van der Waals surface area contributed by atoms with E-state index in [1.165, 1.54) is 10.6 Å². The van der Waals surface area contributed by atoms with E-state index in [2.05, 4.69) is 5.32 Å². The van der Waals surface area contributed by atoms with E-state index in [-0.39, 0.29) is 29.8 Å². The van der Waals surface area contributed by atoms with Crippen molar-refractivity contribution in [2.45, 2.75) is 44.6 Å². The number of hydrogen-bond donors (Lipinski definition) is 2. The van der Waals surface area contributed by atoms with Gasteiger partial charge in [0.1, 0.15) is 0 Å². The van der Waals surface area contributed by atoms with E-state index in [4.69, 9.17) is 5.73 Å². The van der Waals surface area contributed by atoms with E-state index in [1.54, 1.807) is 0 Å². The second kappa shape index (κ2) is 7.26. The fraction of sp³-hybridized carbons (Fsp3) is 0.923. The molecule has 124 valence electrons. The number of nitrogens with two attached hydrogens (primary N) is 1. The van der Waals surface area contributed by atoms with Gasteiger partial charge in [0.2, 0.25) is 15.9 Å². The van der Waals surface area contributed by atoms with Gasteiger partial charge in [-0.1, -0.05) is 12.8 Å². The van der Waals surface area contributed by atoms with E-state index < -0.39 is 10.0 Å². The molecular weight excluding hydrogens is 314 g/mol. The van der Waals surface area contributed by atoms with Gasteiger partial charge in [-0.3, -0.25) is 4.79 Å². The Hall–Kier alpha value is -0.370. The third-order valence-electron chi connectivity index (χ3n) is 4.69. The first kappa shape index (κ1) is 18.7. The van der Waals surface area contributed by atoms with Gasteiger partial charge >= 0.3 is 0 Å². The summed E-state index contributed by atoms with van der Waals surface area (Å²) in [5.74, 6) is 0.0651. The maximum atomic E-state index is 12.4. The molecule has 1 saturated carbocycles. The van der Waals surface area contributed by atoms with Crippen molar-refractivity contribution in [2.24, 2.45) is 11.1 Å². The second-order valence-corrected chi connectivity index (χ2v) is 8.08. The molecule has 0 spiro atoms. The molecule has 1 saturated heterocycles. The van der Waals surface area contributed by atoms with Crippen LogP contribution in [0.3, 0.4) is 0 Å². The molecule has 0 radical (unpaired) electrons. The van der Waals surface area contributed by atoms with Crippen LogP contribution in [-0.4, -0.2) is 50.6 Å². The Morgan fingerprint density at radius 1 is 1.29 bits per heavy atom. The molecule has 6 nitrogen and oxygen atoms in total. The number of halogens is 1. The maximum Gasteiger partial charge on any atom is 0.227 e. The van der Waals surface area contributed by atoms with Crippen LogP contribution in [0.2, 0.25) is 0 Å². The van der Waals surface area contributed by atoms with Gasteiger partial charge in [0.25, 0.3) is 0 Å². The maximum absolute atomic E-state index is 12.4. The summed E-state index contributed by atoms with van der Waals surface area (Å²) < 4.78 is 24.4. The van der Waals surface area contributed by atoms with Gasteiger partial charge in [-0.15, -0.1) is 12.4 Å². The van der Waals surface area contributed by atoms with Crippen LogP contribution in [0.25, 0.3) is 0 Å². The molecule has 1 heterocycles. The summed E-state index contributed by atoms with van der Waals surface area (Å²) in [5.41, 5.74) is 5.42. The fourth-order valence-corrected chi connectivity index (χ4v) is 4.12. The normalized spacial score (nSPS) is 23.5. The van der Waals surface area contributed by atoms with Crippen molar-refractivity contribution in [2.75, 3.05) is 25.9 Å². The van der Waals surface area contributed by atoms with Crippen molar-refractivity contribution in [3.63, 3.8) is 0 Å². The van der Waals surface area contributed by atoms with E-state index in [9.17, 15) is 13.2 Å². The van der Waals surface area contributed by atoms with Crippen LogP contribution in [0.5, 0.6) is 0 Å². The molecule has 2 fully saturated rings. The molecule has 0 bridgehead atoms. The van der Waals surface area contributed by atoms with E-state index >= 15 is 0 Å². The van der Waals surface area contributed by atoms with Crippen LogP contribution >= 0.6 is 12.4 Å². The number of carbonyl (C=O) groups is 1. The zero-order chi connectivity index (χ0) is 14.8. The van der Waals surface area contributed by atoms with Crippen molar-refractivity contribution in [1.82, 2.24) is 9.62 Å². The van der Waals surface area contributed by atoms with Gasteiger partial charge in [0.05, 0.1) is 11.7 Å². The lowest BCUT2D eigenvalue weighted by atomic mass is 9.84. The third kappa shape index (κ3) is 4.31. The standard InChI is InChI=1S/C13H25N3O3S.ClH/c1-20(18,19)16-8-4-11(5-9-16)15-12(17)13(10-14)6-2-3-7-13;/h11H,2-10,14H2,1H3,(H,15,17);1H. The first-order valence-corrected chi connectivity index (χ1v) is 9.18. The number of nitrogens with one attached hydrogen (secondary N) is 1. The Kier molecular flexibility index (Phi) is 6.46. The molecule has 0 aromatic heterocycles. The van der Waals surface area contributed by atoms with Crippen molar-refractivity contribution in [1.29, 1.82) is 0 Å². The average Bonchev–Trinajstić information content (AvgIpc) is 2.88. The molecule has 21 heavy (non-hydrogen) atoms. The second-order valence-electron chi connectivity index (χ2n) is 6.10. The van der Waals surface area contributed by atoms with Crippen molar-refractivity contribution >= 4 is 28.3 Å². The average molecular weight is 340 g/mol. The minimum atomic E-state index is -3.11. The van der Waals surface area contributed by atoms with E-state index in [1.807, 2.05) is 0 Å². The van der Waals surface area contributed by atoms with Gasteiger partial charge in [-0.2, -0.15) is 0 Å². The number of piperidine rings is 1. The minimum Gasteiger partial charge on any atom is -0.353 e. The predicted molar refractivity (Wildman–Crippen MR) is 84.8 cm³/mol. The lowest BCUT2D eigenvalue weighted by Crippen LogP contribution is -2.51. The molecule has 8 heteroatoms. The van der Waals surface area contributed by atoms with Gasteiger partial charge in [0, 0.05) is 25.7 Å². The summed E-state index contributed by atoms with van der Waals surface area (Å²) in [6.07, 6.45) is 6.47. The Morgan fingerprint density at radius 3 is 2.24 bits per heavy atom. The minimum absolute atomic E-state index is 0. The highest BCUT2D eigenvalue weighted by atomic mass is 35.5. The lowest BCUT2D eigenvalue weighted by Gasteiger charge is -2.34. The highest BCUT2D eigenvalue weighted by molar-refractivity contribution is 7.88. The van der Waals surface area contributed by atoms with E-state index in [0.29, 0.717) is 32.5 Å². The van der Waals surface area contributed by atoms with Crippen molar-refractivity contribution in [3.05, 3.63) is 0 Å². The molecule has 2 aliphatic rings. The molecule has 2 rings (SSSR count). The monoisotopic (exact) mass is 339 g/mol. The Bertz CT molecular complexity index is 455. The molecule has 0 aromatic rings. The molecule has 0 atom stereocenters. The first-order chi connectivity index (χ1) is 9.37. The fourth-order valence-electron chi connectivity index (χ4n) is 3.25. The third-order valence-corrected chi connectivity index (χ3v) is 5.99. The number of carbonyl (C=O) groups excluding carboxylic acids is 1. The van der Waals surface area contributed by atoms with Crippen LogP contribution in [0.15, 0.2) is 0 Å². The smallest absolute Gasteiger partial charge is 0.227 e. The molecule has 1 amide bonds. The first-order valence-electron chi connectivity index (χ1n) is 7.33. The number of hydrogen-bond acceptors (Lipinski definition) is 4. The Morgan fingerprint density at radius 2 is 1.81 bits per heavy atom. The van der Waals surface area contributed by atoms with Crippen LogP contribution in [0, 0.1) is 5.41 Å².